The number of rotatable bonds is 6. The van der Waals surface area contributed by atoms with Crippen LogP contribution in [0.4, 0.5) is 0 Å². The summed E-state index contributed by atoms with van der Waals surface area (Å²) in [7, 11) is 0. The number of allylic oxidation sites excluding steroid dienone is 2. The molecule has 0 radical (unpaired) electrons. The van der Waals surface area contributed by atoms with Crippen LogP contribution in [-0.2, 0) is 4.79 Å². The summed E-state index contributed by atoms with van der Waals surface area (Å²) in [6.07, 6.45) is 6.57. The van der Waals surface area contributed by atoms with Crippen LogP contribution >= 0.6 is 0 Å². The van der Waals surface area contributed by atoms with E-state index in [4.69, 9.17) is 0 Å². The first-order chi connectivity index (χ1) is 6.22. The van der Waals surface area contributed by atoms with E-state index < -0.39 is 0 Å². The molecule has 0 aliphatic carbocycles. The summed E-state index contributed by atoms with van der Waals surface area (Å²) < 4.78 is 0. The largest absolute Gasteiger partial charge is 0.352 e. The van der Waals surface area contributed by atoms with Gasteiger partial charge in [0.25, 0.3) is 0 Å². The van der Waals surface area contributed by atoms with E-state index in [1.165, 1.54) is 0 Å². The zero-order chi connectivity index (χ0) is 10.1. The third kappa shape index (κ3) is 6.14. The van der Waals surface area contributed by atoms with Crippen molar-refractivity contribution < 1.29 is 4.79 Å². The number of hydrogen-bond acceptors (Lipinski definition) is 1. The fraction of sp³-hybridized carbons (Fsp3) is 0.545. The maximum Gasteiger partial charge on any atom is 0.246 e. The minimum absolute atomic E-state index is 0.0373. The van der Waals surface area contributed by atoms with Gasteiger partial charge < -0.3 is 5.32 Å². The van der Waals surface area contributed by atoms with Gasteiger partial charge in [0.2, 0.25) is 5.91 Å². The molecule has 0 saturated heterocycles. The number of unbranched alkanes of at least 4 members (excludes halogenated alkanes) is 1. The fourth-order valence-electron chi connectivity index (χ4n) is 0.871. The third-order valence-corrected chi connectivity index (χ3v) is 1.76. The van der Waals surface area contributed by atoms with Crippen molar-refractivity contribution in [2.75, 3.05) is 6.54 Å². The standard InChI is InChI=1S/C11H19NO/c1-4-6-8-10(3)11(13)12-9-7-5-2/h4,8H,1,5-7,9H2,2-3H3,(H,12,13)/b10-8-. The molecule has 0 unspecified atom stereocenters. The van der Waals surface area contributed by atoms with Crippen molar-refractivity contribution in [2.24, 2.45) is 0 Å². The predicted molar refractivity (Wildman–Crippen MR) is 56.5 cm³/mol. The van der Waals surface area contributed by atoms with Crippen LogP contribution < -0.4 is 5.32 Å². The summed E-state index contributed by atoms with van der Waals surface area (Å²) in [5.74, 6) is 0.0373. The van der Waals surface area contributed by atoms with Crippen LogP contribution in [0.3, 0.4) is 0 Å². The van der Waals surface area contributed by atoms with Gasteiger partial charge >= 0.3 is 0 Å². The van der Waals surface area contributed by atoms with Crippen LogP contribution in [0.15, 0.2) is 24.3 Å². The van der Waals surface area contributed by atoms with Gasteiger partial charge in [-0.05, 0) is 19.8 Å². The number of nitrogens with one attached hydrogen (secondary N) is 1. The van der Waals surface area contributed by atoms with Crippen molar-refractivity contribution in [1.29, 1.82) is 0 Å². The highest BCUT2D eigenvalue weighted by Crippen LogP contribution is 1.96. The highest BCUT2D eigenvalue weighted by Gasteiger charge is 2.00. The quantitative estimate of drug-likeness (QED) is 0.380. The molecule has 0 aliphatic rings. The number of hydrogen-bond donors (Lipinski definition) is 1. The van der Waals surface area contributed by atoms with Crippen molar-refractivity contribution in [3.63, 3.8) is 0 Å². The van der Waals surface area contributed by atoms with Gasteiger partial charge in [-0.1, -0.05) is 25.5 Å². The zero-order valence-electron chi connectivity index (χ0n) is 8.60. The van der Waals surface area contributed by atoms with Crippen LogP contribution in [0.1, 0.15) is 33.1 Å². The summed E-state index contributed by atoms with van der Waals surface area (Å²) >= 11 is 0. The van der Waals surface area contributed by atoms with Gasteiger partial charge in [-0.15, -0.1) is 6.58 Å². The monoisotopic (exact) mass is 181 g/mol. The minimum atomic E-state index is 0.0373. The van der Waals surface area contributed by atoms with Crippen molar-refractivity contribution in [2.45, 2.75) is 33.1 Å². The summed E-state index contributed by atoms with van der Waals surface area (Å²) in [6.45, 7) is 8.29. The SMILES string of the molecule is C=CC/C=C(/C)C(=O)NCCCC. The minimum Gasteiger partial charge on any atom is -0.352 e. The Balaban J connectivity index is 3.75. The molecule has 2 heteroatoms. The lowest BCUT2D eigenvalue weighted by Gasteiger charge is -2.03. The molecule has 0 bridgehead atoms. The Morgan fingerprint density at radius 2 is 2.23 bits per heavy atom. The molecule has 0 rings (SSSR count). The zero-order valence-corrected chi connectivity index (χ0v) is 8.60. The molecule has 0 aromatic rings. The Morgan fingerprint density at radius 3 is 2.77 bits per heavy atom. The van der Waals surface area contributed by atoms with E-state index in [2.05, 4.69) is 18.8 Å². The molecular formula is C11H19NO. The van der Waals surface area contributed by atoms with Gasteiger partial charge in [-0.3, -0.25) is 4.79 Å². The number of amides is 1. The molecule has 1 amide bonds. The van der Waals surface area contributed by atoms with Gasteiger partial charge in [0.15, 0.2) is 0 Å². The predicted octanol–water partition coefficient (Wildman–Crippen LogP) is 2.43. The van der Waals surface area contributed by atoms with Gasteiger partial charge in [-0.2, -0.15) is 0 Å². The van der Waals surface area contributed by atoms with Crippen molar-refractivity contribution in [3.05, 3.63) is 24.3 Å². The topological polar surface area (TPSA) is 29.1 Å². The van der Waals surface area contributed by atoms with Gasteiger partial charge in [0.05, 0.1) is 0 Å². The van der Waals surface area contributed by atoms with Crippen LogP contribution in [0.2, 0.25) is 0 Å². The summed E-state index contributed by atoms with van der Waals surface area (Å²) in [5, 5.41) is 2.85. The lowest BCUT2D eigenvalue weighted by Crippen LogP contribution is -2.24. The first-order valence-corrected chi connectivity index (χ1v) is 4.78. The molecule has 0 aromatic heterocycles. The molecule has 0 heterocycles. The van der Waals surface area contributed by atoms with Gasteiger partial charge in [-0.25, -0.2) is 0 Å². The first kappa shape index (κ1) is 11.9. The molecule has 2 nitrogen and oxygen atoms in total. The van der Waals surface area contributed by atoms with Gasteiger partial charge in [0.1, 0.15) is 0 Å². The molecule has 0 atom stereocenters. The van der Waals surface area contributed by atoms with E-state index in [0.29, 0.717) is 0 Å². The lowest BCUT2D eigenvalue weighted by atomic mass is 10.2. The van der Waals surface area contributed by atoms with E-state index in [1.54, 1.807) is 6.08 Å². The molecule has 0 fully saturated rings. The second-order valence-corrected chi connectivity index (χ2v) is 3.02. The van der Waals surface area contributed by atoms with E-state index in [0.717, 1.165) is 31.4 Å². The van der Waals surface area contributed by atoms with Crippen LogP contribution in [0.25, 0.3) is 0 Å². The van der Waals surface area contributed by atoms with Crippen molar-refractivity contribution >= 4 is 5.91 Å². The average molecular weight is 181 g/mol. The summed E-state index contributed by atoms with van der Waals surface area (Å²) in [4.78, 5) is 11.3. The molecule has 13 heavy (non-hydrogen) atoms. The molecule has 1 N–H and O–H groups in total. The summed E-state index contributed by atoms with van der Waals surface area (Å²) in [6, 6.07) is 0. The van der Waals surface area contributed by atoms with Crippen LogP contribution in [0.5, 0.6) is 0 Å². The highest BCUT2D eigenvalue weighted by atomic mass is 16.1. The molecule has 0 aromatic carbocycles. The fourth-order valence-corrected chi connectivity index (χ4v) is 0.871. The Hall–Kier alpha value is -1.05. The molecule has 0 saturated carbocycles. The first-order valence-electron chi connectivity index (χ1n) is 4.78. The smallest absolute Gasteiger partial charge is 0.246 e. The normalized spacial score (nSPS) is 11.1. The second kappa shape index (κ2) is 7.59. The van der Waals surface area contributed by atoms with E-state index in [-0.39, 0.29) is 5.91 Å². The molecule has 74 valence electrons. The molecular weight excluding hydrogens is 162 g/mol. The van der Waals surface area contributed by atoms with E-state index in [1.807, 2.05) is 13.0 Å². The summed E-state index contributed by atoms with van der Waals surface area (Å²) in [5.41, 5.74) is 0.774. The third-order valence-electron chi connectivity index (χ3n) is 1.76. The lowest BCUT2D eigenvalue weighted by molar-refractivity contribution is -0.117. The Labute approximate surface area is 80.7 Å². The molecule has 0 aliphatic heterocycles. The Kier molecular flexibility index (Phi) is 6.98. The van der Waals surface area contributed by atoms with Crippen LogP contribution in [0, 0.1) is 0 Å². The molecule has 0 spiro atoms. The average Bonchev–Trinajstić information content (AvgIpc) is 2.14. The Bertz CT molecular complexity index is 194. The maximum atomic E-state index is 11.3. The van der Waals surface area contributed by atoms with Crippen LogP contribution in [-0.4, -0.2) is 12.5 Å². The maximum absolute atomic E-state index is 11.3. The Morgan fingerprint density at radius 1 is 1.54 bits per heavy atom. The van der Waals surface area contributed by atoms with Gasteiger partial charge in [0, 0.05) is 12.1 Å². The number of carbonyl (C=O) groups excluding carboxylic acids is 1. The van der Waals surface area contributed by atoms with E-state index in [9.17, 15) is 4.79 Å². The van der Waals surface area contributed by atoms with Crippen molar-refractivity contribution in [1.82, 2.24) is 5.32 Å². The second-order valence-electron chi connectivity index (χ2n) is 3.02. The van der Waals surface area contributed by atoms with E-state index >= 15 is 0 Å². The number of carbonyl (C=O) groups is 1. The highest BCUT2D eigenvalue weighted by molar-refractivity contribution is 5.92. The van der Waals surface area contributed by atoms with Crippen molar-refractivity contribution in [3.8, 4) is 0 Å².